The molecular weight excluding hydrogens is 228 g/mol. The van der Waals surface area contributed by atoms with Gasteiger partial charge in [0.15, 0.2) is 0 Å². The minimum Gasteiger partial charge on any atom is -0.497 e. The maximum Gasteiger partial charge on any atom is 0.127 e. The second-order valence-corrected chi connectivity index (χ2v) is 4.60. The Hall–Kier alpha value is -1.26. The van der Waals surface area contributed by atoms with E-state index in [1.165, 1.54) is 11.1 Å². The van der Waals surface area contributed by atoms with E-state index >= 15 is 0 Å². The van der Waals surface area contributed by atoms with Crippen molar-refractivity contribution in [3.63, 3.8) is 0 Å². The Bertz CT molecular complexity index is 392. The highest BCUT2D eigenvalue weighted by Gasteiger charge is 2.21. The first-order chi connectivity index (χ1) is 8.54. The van der Waals surface area contributed by atoms with Gasteiger partial charge in [-0.15, -0.1) is 0 Å². The van der Waals surface area contributed by atoms with Crippen LogP contribution < -0.4 is 14.8 Å². The van der Waals surface area contributed by atoms with Crippen LogP contribution in [0.4, 0.5) is 0 Å². The fraction of sp³-hybridized carbons (Fsp3) is 0.571. The first-order valence-corrected chi connectivity index (χ1v) is 6.08. The molecule has 1 rings (SSSR count). The molecule has 1 atom stereocenters. The zero-order valence-corrected chi connectivity index (χ0v) is 12.2. The lowest BCUT2D eigenvalue weighted by Crippen LogP contribution is -2.30. The molecule has 0 heterocycles. The van der Waals surface area contributed by atoms with Gasteiger partial charge in [0, 0.05) is 18.2 Å². The number of likely N-dealkylation sites (N-methyl/N-ethyl adjacent to an activating group) is 2. The number of rotatable bonds is 6. The number of benzene rings is 1. The Kier molecular flexibility index (Phi) is 5.44. The minimum atomic E-state index is 0.274. The number of nitrogens with one attached hydrogen (secondary N) is 1. The lowest BCUT2D eigenvalue weighted by atomic mass is 9.98. The van der Waals surface area contributed by atoms with Crippen LogP contribution in [0.3, 0.4) is 0 Å². The second-order valence-electron chi connectivity index (χ2n) is 4.60. The number of hydrogen-bond donors (Lipinski definition) is 1. The van der Waals surface area contributed by atoms with Gasteiger partial charge >= 0.3 is 0 Å². The molecule has 0 saturated carbocycles. The molecule has 0 fully saturated rings. The average Bonchev–Trinajstić information content (AvgIpc) is 2.35. The monoisotopic (exact) mass is 252 g/mol. The summed E-state index contributed by atoms with van der Waals surface area (Å²) in [7, 11) is 9.48. The molecule has 102 valence electrons. The molecule has 0 aliphatic carbocycles. The van der Waals surface area contributed by atoms with Gasteiger partial charge < -0.3 is 19.7 Å². The fourth-order valence-corrected chi connectivity index (χ4v) is 2.18. The lowest BCUT2D eigenvalue weighted by Gasteiger charge is -2.28. The Morgan fingerprint density at radius 2 is 1.89 bits per heavy atom. The van der Waals surface area contributed by atoms with E-state index in [9.17, 15) is 0 Å². The maximum absolute atomic E-state index is 5.51. The molecule has 0 saturated heterocycles. The van der Waals surface area contributed by atoms with E-state index in [2.05, 4.69) is 31.2 Å². The fourth-order valence-electron chi connectivity index (χ4n) is 2.18. The normalized spacial score (nSPS) is 12.6. The summed E-state index contributed by atoms with van der Waals surface area (Å²) in [5.41, 5.74) is 2.39. The van der Waals surface area contributed by atoms with Crippen molar-refractivity contribution in [2.45, 2.75) is 13.0 Å². The molecule has 1 aromatic carbocycles. The van der Waals surface area contributed by atoms with Gasteiger partial charge in [0.1, 0.15) is 11.5 Å². The zero-order valence-electron chi connectivity index (χ0n) is 12.2. The lowest BCUT2D eigenvalue weighted by molar-refractivity contribution is 0.282. The average molecular weight is 252 g/mol. The van der Waals surface area contributed by atoms with Crippen molar-refractivity contribution in [3.8, 4) is 11.5 Å². The van der Waals surface area contributed by atoms with Crippen LogP contribution in [-0.4, -0.2) is 46.8 Å². The largest absolute Gasteiger partial charge is 0.497 e. The summed E-state index contributed by atoms with van der Waals surface area (Å²) in [5, 5.41) is 3.23. The van der Waals surface area contributed by atoms with Crippen molar-refractivity contribution in [1.82, 2.24) is 10.2 Å². The predicted molar refractivity (Wildman–Crippen MR) is 74.6 cm³/mol. The molecule has 0 aliphatic rings. The third kappa shape index (κ3) is 3.15. The summed E-state index contributed by atoms with van der Waals surface area (Å²) in [4.78, 5) is 2.19. The van der Waals surface area contributed by atoms with Gasteiger partial charge in [-0.3, -0.25) is 0 Å². The smallest absolute Gasteiger partial charge is 0.127 e. The van der Waals surface area contributed by atoms with Crippen LogP contribution in [0.25, 0.3) is 0 Å². The molecular formula is C14H24N2O2. The standard InChI is InChI=1S/C14H24N2O2/c1-10-7-11(17-5)8-13(18-6)14(10)12(9-15-2)16(3)4/h7-8,12,15H,9H2,1-6H3. The van der Waals surface area contributed by atoms with Crippen LogP contribution in [0.15, 0.2) is 12.1 Å². The highest BCUT2D eigenvalue weighted by atomic mass is 16.5. The highest BCUT2D eigenvalue weighted by molar-refractivity contribution is 5.48. The zero-order chi connectivity index (χ0) is 13.7. The van der Waals surface area contributed by atoms with Crippen LogP contribution in [0.1, 0.15) is 17.2 Å². The van der Waals surface area contributed by atoms with Crippen molar-refractivity contribution in [1.29, 1.82) is 0 Å². The quantitative estimate of drug-likeness (QED) is 0.837. The number of nitrogens with zero attached hydrogens (tertiary/aromatic N) is 1. The van der Waals surface area contributed by atoms with Crippen molar-refractivity contribution in [3.05, 3.63) is 23.3 Å². The van der Waals surface area contributed by atoms with Gasteiger partial charge in [-0.2, -0.15) is 0 Å². The molecule has 0 spiro atoms. The molecule has 1 unspecified atom stereocenters. The van der Waals surface area contributed by atoms with Gasteiger partial charge in [0.25, 0.3) is 0 Å². The van der Waals surface area contributed by atoms with E-state index in [1.807, 2.05) is 19.2 Å². The summed E-state index contributed by atoms with van der Waals surface area (Å²) >= 11 is 0. The molecule has 0 aromatic heterocycles. The SMILES string of the molecule is CNCC(c1c(C)cc(OC)cc1OC)N(C)C. The van der Waals surface area contributed by atoms with Gasteiger partial charge in [-0.1, -0.05) is 0 Å². The molecule has 1 aromatic rings. The van der Waals surface area contributed by atoms with E-state index in [0.29, 0.717) is 0 Å². The first kappa shape index (κ1) is 14.8. The third-order valence-corrected chi connectivity index (χ3v) is 3.13. The van der Waals surface area contributed by atoms with Crippen LogP contribution >= 0.6 is 0 Å². The van der Waals surface area contributed by atoms with Gasteiger partial charge in [-0.05, 0) is 39.7 Å². The first-order valence-electron chi connectivity index (χ1n) is 6.08. The van der Waals surface area contributed by atoms with E-state index < -0.39 is 0 Å². The Labute approximate surface area is 110 Å². The molecule has 18 heavy (non-hydrogen) atoms. The summed E-state index contributed by atoms with van der Waals surface area (Å²) in [6.45, 7) is 2.96. The number of methoxy groups -OCH3 is 2. The van der Waals surface area contributed by atoms with Crippen LogP contribution in [0.5, 0.6) is 11.5 Å². The minimum absolute atomic E-state index is 0.274. The Morgan fingerprint density at radius 3 is 2.33 bits per heavy atom. The number of aryl methyl sites for hydroxylation is 1. The molecule has 0 aliphatic heterocycles. The van der Waals surface area contributed by atoms with Crippen molar-refractivity contribution in [2.75, 3.05) is 41.9 Å². The van der Waals surface area contributed by atoms with E-state index in [-0.39, 0.29) is 6.04 Å². The summed E-state index contributed by atoms with van der Waals surface area (Å²) in [5.74, 6) is 1.70. The van der Waals surface area contributed by atoms with Crippen LogP contribution in [0.2, 0.25) is 0 Å². The van der Waals surface area contributed by atoms with Crippen LogP contribution in [0, 0.1) is 6.92 Å². The molecule has 4 heteroatoms. The van der Waals surface area contributed by atoms with Gasteiger partial charge in [0.2, 0.25) is 0 Å². The summed E-state index contributed by atoms with van der Waals surface area (Å²) in [6, 6.07) is 4.26. The van der Waals surface area contributed by atoms with Crippen molar-refractivity contribution in [2.24, 2.45) is 0 Å². The Balaban J connectivity index is 3.27. The topological polar surface area (TPSA) is 33.7 Å². The predicted octanol–water partition coefficient (Wildman–Crippen LogP) is 1.83. The third-order valence-electron chi connectivity index (χ3n) is 3.13. The number of hydrogen-bond acceptors (Lipinski definition) is 4. The van der Waals surface area contributed by atoms with E-state index in [0.717, 1.165) is 18.0 Å². The Morgan fingerprint density at radius 1 is 1.22 bits per heavy atom. The summed E-state index contributed by atoms with van der Waals surface area (Å²) < 4.78 is 10.8. The summed E-state index contributed by atoms with van der Waals surface area (Å²) in [6.07, 6.45) is 0. The molecule has 4 nitrogen and oxygen atoms in total. The molecule has 0 radical (unpaired) electrons. The molecule has 0 bridgehead atoms. The van der Waals surface area contributed by atoms with Gasteiger partial charge in [0.05, 0.1) is 20.3 Å². The maximum atomic E-state index is 5.51. The second kappa shape index (κ2) is 6.61. The van der Waals surface area contributed by atoms with Gasteiger partial charge in [-0.25, -0.2) is 0 Å². The molecule has 0 amide bonds. The number of ether oxygens (including phenoxy) is 2. The highest BCUT2D eigenvalue weighted by Crippen LogP contribution is 2.34. The van der Waals surface area contributed by atoms with E-state index in [1.54, 1.807) is 14.2 Å². The molecule has 1 N–H and O–H groups in total. The van der Waals surface area contributed by atoms with Crippen LogP contribution in [-0.2, 0) is 0 Å². The van der Waals surface area contributed by atoms with Crippen molar-refractivity contribution >= 4 is 0 Å². The van der Waals surface area contributed by atoms with E-state index in [4.69, 9.17) is 9.47 Å². The van der Waals surface area contributed by atoms with Crippen molar-refractivity contribution < 1.29 is 9.47 Å².